The lowest BCUT2D eigenvalue weighted by atomic mass is 10.0. The van der Waals surface area contributed by atoms with E-state index in [1.165, 1.54) is 19.3 Å². The van der Waals surface area contributed by atoms with Gasteiger partial charge < -0.3 is 15.5 Å². The molecular weight excluding hydrogens is 335 g/mol. The van der Waals surface area contributed by atoms with Crippen LogP contribution >= 0.6 is 24.8 Å². The zero-order valence-corrected chi connectivity index (χ0v) is 14.9. The monoisotopic (exact) mass is 360 g/mol. The summed E-state index contributed by atoms with van der Waals surface area (Å²) in [4.78, 5) is 18.9. The fourth-order valence-corrected chi connectivity index (χ4v) is 3.09. The SMILES string of the molecule is Cl.Cl.O=C(Nc1ccc(N2CCCCC2)cn1)[C@H]1CCCCN1. The molecule has 7 heteroatoms. The lowest BCUT2D eigenvalue weighted by Crippen LogP contribution is -2.43. The lowest BCUT2D eigenvalue weighted by molar-refractivity contribution is -0.118. The third kappa shape index (κ3) is 5.52. The first-order valence-electron chi connectivity index (χ1n) is 8.08. The minimum atomic E-state index is -0.0673. The molecule has 2 aliphatic heterocycles. The van der Waals surface area contributed by atoms with Crippen LogP contribution in [0.25, 0.3) is 0 Å². The molecule has 2 aliphatic rings. The number of halogens is 2. The van der Waals surface area contributed by atoms with Gasteiger partial charge in [-0.2, -0.15) is 0 Å². The summed E-state index contributed by atoms with van der Waals surface area (Å²) in [5.41, 5.74) is 1.16. The van der Waals surface area contributed by atoms with Crippen LogP contribution in [0.4, 0.5) is 11.5 Å². The van der Waals surface area contributed by atoms with Gasteiger partial charge in [0.1, 0.15) is 5.82 Å². The van der Waals surface area contributed by atoms with Crippen molar-refractivity contribution in [2.75, 3.05) is 29.9 Å². The molecule has 0 spiro atoms. The Kier molecular flexibility index (Phi) is 8.66. The van der Waals surface area contributed by atoms with Gasteiger partial charge in [0.2, 0.25) is 5.91 Å². The summed E-state index contributed by atoms with van der Waals surface area (Å²) in [5.74, 6) is 0.682. The molecule has 5 nitrogen and oxygen atoms in total. The zero-order chi connectivity index (χ0) is 14.5. The van der Waals surface area contributed by atoms with E-state index in [0.717, 1.165) is 44.6 Å². The number of rotatable bonds is 3. The van der Waals surface area contributed by atoms with Crippen LogP contribution in [-0.4, -0.2) is 36.6 Å². The summed E-state index contributed by atoms with van der Waals surface area (Å²) >= 11 is 0. The van der Waals surface area contributed by atoms with E-state index in [-0.39, 0.29) is 36.8 Å². The maximum atomic E-state index is 12.1. The molecular formula is C16H26Cl2N4O. The number of hydrogen-bond donors (Lipinski definition) is 2. The first-order chi connectivity index (χ1) is 10.3. The summed E-state index contributed by atoms with van der Waals surface area (Å²) in [6.45, 7) is 3.15. The highest BCUT2D eigenvalue weighted by Crippen LogP contribution is 2.20. The molecule has 3 rings (SSSR count). The Morgan fingerprint density at radius 1 is 1.13 bits per heavy atom. The molecule has 1 amide bonds. The van der Waals surface area contributed by atoms with Crippen LogP contribution in [0.5, 0.6) is 0 Å². The number of carbonyl (C=O) groups is 1. The molecule has 2 fully saturated rings. The minimum Gasteiger partial charge on any atom is -0.370 e. The molecule has 2 N–H and O–H groups in total. The number of hydrogen-bond acceptors (Lipinski definition) is 4. The van der Waals surface area contributed by atoms with Crippen molar-refractivity contribution in [2.24, 2.45) is 0 Å². The Bertz CT molecular complexity index is 471. The van der Waals surface area contributed by atoms with Gasteiger partial charge in [-0.25, -0.2) is 4.98 Å². The van der Waals surface area contributed by atoms with Crippen LogP contribution in [0.15, 0.2) is 18.3 Å². The summed E-state index contributed by atoms with van der Waals surface area (Å²) < 4.78 is 0. The van der Waals surface area contributed by atoms with Crippen molar-refractivity contribution < 1.29 is 4.79 Å². The van der Waals surface area contributed by atoms with Gasteiger partial charge >= 0.3 is 0 Å². The summed E-state index contributed by atoms with van der Waals surface area (Å²) in [5, 5.41) is 6.16. The highest BCUT2D eigenvalue weighted by atomic mass is 35.5. The molecule has 23 heavy (non-hydrogen) atoms. The molecule has 2 saturated heterocycles. The molecule has 130 valence electrons. The third-order valence-electron chi connectivity index (χ3n) is 4.35. The van der Waals surface area contributed by atoms with Crippen LogP contribution in [0.1, 0.15) is 38.5 Å². The molecule has 3 heterocycles. The van der Waals surface area contributed by atoms with E-state index in [4.69, 9.17) is 0 Å². The Hall–Kier alpha value is -1.04. The Balaban J connectivity index is 0.00000132. The van der Waals surface area contributed by atoms with E-state index in [0.29, 0.717) is 5.82 Å². The quantitative estimate of drug-likeness (QED) is 0.869. The molecule has 1 aromatic heterocycles. The van der Waals surface area contributed by atoms with Crippen molar-refractivity contribution in [1.82, 2.24) is 10.3 Å². The highest BCUT2D eigenvalue weighted by Gasteiger charge is 2.20. The van der Waals surface area contributed by atoms with Gasteiger partial charge in [-0.1, -0.05) is 6.42 Å². The van der Waals surface area contributed by atoms with Crippen molar-refractivity contribution in [1.29, 1.82) is 0 Å². The number of amides is 1. The number of nitrogens with zero attached hydrogens (tertiary/aromatic N) is 2. The van der Waals surface area contributed by atoms with Crippen LogP contribution < -0.4 is 15.5 Å². The number of nitrogens with one attached hydrogen (secondary N) is 2. The van der Waals surface area contributed by atoms with Crippen LogP contribution in [0.2, 0.25) is 0 Å². The van der Waals surface area contributed by atoms with Crippen LogP contribution in [-0.2, 0) is 4.79 Å². The predicted octanol–water partition coefficient (Wildman–Crippen LogP) is 3.00. The largest absolute Gasteiger partial charge is 0.370 e. The lowest BCUT2D eigenvalue weighted by Gasteiger charge is -2.28. The van der Waals surface area contributed by atoms with Gasteiger partial charge in [-0.15, -0.1) is 24.8 Å². The molecule has 0 radical (unpaired) electrons. The van der Waals surface area contributed by atoms with Gasteiger partial charge in [0.05, 0.1) is 17.9 Å². The maximum Gasteiger partial charge on any atom is 0.242 e. The molecule has 1 atom stereocenters. The molecule has 0 unspecified atom stereocenters. The van der Waals surface area contributed by atoms with E-state index in [1.54, 1.807) is 0 Å². The summed E-state index contributed by atoms with van der Waals surface area (Å²) in [7, 11) is 0. The van der Waals surface area contributed by atoms with Crippen molar-refractivity contribution in [3.8, 4) is 0 Å². The second-order valence-electron chi connectivity index (χ2n) is 5.94. The average Bonchev–Trinajstić information content (AvgIpc) is 2.57. The topological polar surface area (TPSA) is 57.3 Å². The van der Waals surface area contributed by atoms with E-state index >= 15 is 0 Å². The smallest absolute Gasteiger partial charge is 0.242 e. The molecule has 0 aromatic carbocycles. The van der Waals surface area contributed by atoms with Gasteiger partial charge in [0.15, 0.2) is 0 Å². The van der Waals surface area contributed by atoms with E-state index < -0.39 is 0 Å². The summed E-state index contributed by atoms with van der Waals surface area (Å²) in [6.07, 6.45) is 8.90. The highest BCUT2D eigenvalue weighted by molar-refractivity contribution is 5.94. The number of anilines is 2. The average molecular weight is 361 g/mol. The molecule has 0 bridgehead atoms. The van der Waals surface area contributed by atoms with E-state index in [1.807, 2.05) is 12.3 Å². The number of pyridine rings is 1. The molecule has 0 saturated carbocycles. The predicted molar refractivity (Wildman–Crippen MR) is 99.1 cm³/mol. The standard InChI is InChI=1S/C16H24N4O.2ClH/c21-16(14-6-2-3-9-17-14)19-15-8-7-13(12-18-15)20-10-4-1-5-11-20;;/h7-8,12,14,17H,1-6,9-11H2,(H,18,19,21);2*1H/t14-;;/m1../s1. The number of piperidine rings is 2. The van der Waals surface area contributed by atoms with Crippen molar-refractivity contribution >= 4 is 42.2 Å². The molecule has 0 aliphatic carbocycles. The zero-order valence-electron chi connectivity index (χ0n) is 13.3. The van der Waals surface area contributed by atoms with Crippen molar-refractivity contribution in [3.05, 3.63) is 18.3 Å². The van der Waals surface area contributed by atoms with Gasteiger partial charge in [-0.05, 0) is 50.8 Å². The first-order valence-corrected chi connectivity index (χ1v) is 8.08. The van der Waals surface area contributed by atoms with Gasteiger partial charge in [0, 0.05) is 13.1 Å². The second-order valence-corrected chi connectivity index (χ2v) is 5.94. The first kappa shape index (κ1) is 20.0. The number of carbonyl (C=O) groups excluding carboxylic acids is 1. The Labute approximate surface area is 150 Å². The third-order valence-corrected chi connectivity index (χ3v) is 4.35. The second kappa shape index (κ2) is 9.96. The number of aromatic nitrogens is 1. The molecule has 1 aromatic rings. The van der Waals surface area contributed by atoms with Crippen molar-refractivity contribution in [3.63, 3.8) is 0 Å². The van der Waals surface area contributed by atoms with E-state index in [2.05, 4.69) is 26.6 Å². The van der Waals surface area contributed by atoms with Crippen molar-refractivity contribution in [2.45, 2.75) is 44.6 Å². The fourth-order valence-electron chi connectivity index (χ4n) is 3.09. The normalized spacial score (nSPS) is 20.9. The van der Waals surface area contributed by atoms with Gasteiger partial charge in [-0.3, -0.25) is 4.79 Å². The Morgan fingerprint density at radius 3 is 2.52 bits per heavy atom. The minimum absolute atomic E-state index is 0. The van der Waals surface area contributed by atoms with E-state index in [9.17, 15) is 4.79 Å². The van der Waals surface area contributed by atoms with Crippen LogP contribution in [0, 0.1) is 0 Å². The fraction of sp³-hybridized carbons (Fsp3) is 0.625. The Morgan fingerprint density at radius 2 is 1.91 bits per heavy atom. The van der Waals surface area contributed by atoms with Crippen LogP contribution in [0.3, 0.4) is 0 Å². The van der Waals surface area contributed by atoms with Gasteiger partial charge in [0.25, 0.3) is 0 Å². The maximum absolute atomic E-state index is 12.1. The summed E-state index contributed by atoms with van der Waals surface area (Å²) in [6, 6.07) is 3.90.